The lowest BCUT2D eigenvalue weighted by atomic mass is 10.0. The number of aliphatic hydroxyl groups excluding tert-OH is 1. The highest BCUT2D eigenvalue weighted by atomic mass is 19.2. The lowest BCUT2D eigenvalue weighted by Crippen LogP contribution is -2.31. The van der Waals surface area contributed by atoms with Gasteiger partial charge in [0.15, 0.2) is 11.6 Å². The number of rotatable bonds is 2. The van der Waals surface area contributed by atoms with E-state index in [1.807, 2.05) is 0 Å². The molecule has 0 aliphatic carbocycles. The smallest absolute Gasteiger partial charge is 0.257 e. The third-order valence-corrected chi connectivity index (χ3v) is 3.64. The topological polar surface area (TPSA) is 53.7 Å². The first-order valence-corrected chi connectivity index (χ1v) is 6.52. The standard InChI is InChI=1S/C15H13F2NO3/c16-12-2-1-9(5-13(12)17)14-6-11(19)7-18(14)15(20)10-3-4-21-8-10/h1-5,8,11,14,19H,6-7H2/t11-,14+/m0/s1. The van der Waals surface area contributed by atoms with Crippen LogP contribution in [0.5, 0.6) is 0 Å². The van der Waals surface area contributed by atoms with Crippen LogP contribution in [0, 0.1) is 11.6 Å². The molecule has 3 rings (SSSR count). The number of likely N-dealkylation sites (tertiary alicyclic amines) is 1. The Balaban J connectivity index is 1.92. The Hall–Kier alpha value is -2.21. The first-order chi connectivity index (χ1) is 10.1. The lowest BCUT2D eigenvalue weighted by molar-refractivity contribution is 0.0715. The Labute approximate surface area is 119 Å². The van der Waals surface area contributed by atoms with Gasteiger partial charge in [-0.1, -0.05) is 6.07 Å². The van der Waals surface area contributed by atoms with Gasteiger partial charge in [-0.15, -0.1) is 0 Å². The van der Waals surface area contributed by atoms with Crippen LogP contribution in [0.4, 0.5) is 8.78 Å². The zero-order valence-corrected chi connectivity index (χ0v) is 11.0. The van der Waals surface area contributed by atoms with E-state index < -0.39 is 23.8 Å². The molecule has 6 heteroatoms. The largest absolute Gasteiger partial charge is 0.472 e. The molecule has 1 aromatic heterocycles. The zero-order valence-electron chi connectivity index (χ0n) is 11.0. The Morgan fingerprint density at radius 2 is 2.10 bits per heavy atom. The second-order valence-electron chi connectivity index (χ2n) is 5.05. The van der Waals surface area contributed by atoms with Gasteiger partial charge in [-0.05, 0) is 30.2 Å². The van der Waals surface area contributed by atoms with Crippen LogP contribution < -0.4 is 0 Å². The van der Waals surface area contributed by atoms with Crippen molar-refractivity contribution in [2.45, 2.75) is 18.6 Å². The molecule has 2 heterocycles. The fraction of sp³-hybridized carbons (Fsp3) is 0.267. The first-order valence-electron chi connectivity index (χ1n) is 6.52. The van der Waals surface area contributed by atoms with Gasteiger partial charge < -0.3 is 14.4 Å². The fourth-order valence-corrected chi connectivity index (χ4v) is 2.63. The van der Waals surface area contributed by atoms with E-state index >= 15 is 0 Å². The molecule has 1 aliphatic heterocycles. The number of nitrogens with zero attached hydrogens (tertiary/aromatic N) is 1. The number of aliphatic hydroxyl groups is 1. The van der Waals surface area contributed by atoms with E-state index in [4.69, 9.17) is 4.42 Å². The molecule has 110 valence electrons. The molecule has 4 nitrogen and oxygen atoms in total. The molecule has 21 heavy (non-hydrogen) atoms. The fourth-order valence-electron chi connectivity index (χ4n) is 2.63. The summed E-state index contributed by atoms with van der Waals surface area (Å²) in [6.07, 6.45) is 2.29. The molecule has 1 N–H and O–H groups in total. The highest BCUT2D eigenvalue weighted by Crippen LogP contribution is 2.34. The van der Waals surface area contributed by atoms with E-state index in [9.17, 15) is 18.7 Å². The summed E-state index contributed by atoms with van der Waals surface area (Å²) in [6, 6.07) is 4.55. The van der Waals surface area contributed by atoms with Crippen LogP contribution in [0.25, 0.3) is 0 Å². The van der Waals surface area contributed by atoms with E-state index in [-0.39, 0.29) is 18.9 Å². The predicted octanol–water partition coefficient (Wildman–Crippen LogP) is 2.51. The monoisotopic (exact) mass is 293 g/mol. The van der Waals surface area contributed by atoms with Crippen molar-refractivity contribution in [2.75, 3.05) is 6.54 Å². The van der Waals surface area contributed by atoms with Crippen molar-refractivity contribution in [1.29, 1.82) is 0 Å². The maximum Gasteiger partial charge on any atom is 0.257 e. The number of halogens is 2. The van der Waals surface area contributed by atoms with Gasteiger partial charge in [0, 0.05) is 6.54 Å². The molecule has 0 saturated carbocycles. The Morgan fingerprint density at radius 1 is 1.29 bits per heavy atom. The number of carbonyl (C=O) groups is 1. The van der Waals surface area contributed by atoms with Crippen LogP contribution in [0.2, 0.25) is 0 Å². The highest BCUT2D eigenvalue weighted by Gasteiger charge is 2.36. The predicted molar refractivity (Wildman–Crippen MR) is 69.5 cm³/mol. The maximum atomic E-state index is 13.4. The number of amides is 1. The number of hydrogen-bond donors (Lipinski definition) is 1. The number of carbonyl (C=O) groups excluding carboxylic acids is 1. The summed E-state index contributed by atoms with van der Waals surface area (Å²) in [5.41, 5.74) is 0.818. The summed E-state index contributed by atoms with van der Waals surface area (Å²) < 4.78 is 31.3. The summed E-state index contributed by atoms with van der Waals surface area (Å²) in [6.45, 7) is 0.147. The summed E-state index contributed by atoms with van der Waals surface area (Å²) in [7, 11) is 0. The van der Waals surface area contributed by atoms with Gasteiger partial charge in [-0.3, -0.25) is 4.79 Å². The van der Waals surface area contributed by atoms with Crippen molar-refractivity contribution in [1.82, 2.24) is 4.90 Å². The molecule has 0 spiro atoms. The van der Waals surface area contributed by atoms with Crippen molar-refractivity contribution >= 4 is 5.91 Å². The van der Waals surface area contributed by atoms with Crippen LogP contribution in [-0.4, -0.2) is 28.6 Å². The van der Waals surface area contributed by atoms with Gasteiger partial charge >= 0.3 is 0 Å². The zero-order chi connectivity index (χ0) is 15.0. The molecule has 2 aromatic rings. The third-order valence-electron chi connectivity index (χ3n) is 3.64. The molecule has 0 bridgehead atoms. The Kier molecular flexibility index (Phi) is 3.47. The second kappa shape index (κ2) is 5.29. The lowest BCUT2D eigenvalue weighted by Gasteiger charge is -2.24. The average molecular weight is 293 g/mol. The summed E-state index contributed by atoms with van der Waals surface area (Å²) >= 11 is 0. The quantitative estimate of drug-likeness (QED) is 0.925. The number of hydrogen-bond acceptors (Lipinski definition) is 3. The SMILES string of the molecule is O=C(c1ccoc1)N1C[C@@H](O)C[C@@H]1c1ccc(F)c(F)c1. The first kappa shape index (κ1) is 13.8. The van der Waals surface area contributed by atoms with E-state index in [0.717, 1.165) is 12.1 Å². The summed E-state index contributed by atoms with van der Waals surface area (Å²) in [5.74, 6) is -2.22. The van der Waals surface area contributed by atoms with Gasteiger partial charge in [0.1, 0.15) is 6.26 Å². The van der Waals surface area contributed by atoms with Gasteiger partial charge in [0.2, 0.25) is 0 Å². The van der Waals surface area contributed by atoms with Crippen LogP contribution >= 0.6 is 0 Å². The van der Waals surface area contributed by atoms with Crippen molar-refractivity contribution in [3.05, 3.63) is 59.6 Å². The second-order valence-corrected chi connectivity index (χ2v) is 5.05. The van der Waals surface area contributed by atoms with E-state index in [1.165, 1.54) is 29.6 Å². The van der Waals surface area contributed by atoms with Crippen molar-refractivity contribution in [3.8, 4) is 0 Å². The van der Waals surface area contributed by atoms with Crippen LogP contribution in [-0.2, 0) is 0 Å². The summed E-state index contributed by atoms with van der Waals surface area (Å²) in [5, 5.41) is 9.82. The molecule has 1 amide bonds. The van der Waals surface area contributed by atoms with Crippen molar-refractivity contribution in [3.63, 3.8) is 0 Å². The van der Waals surface area contributed by atoms with Gasteiger partial charge in [-0.2, -0.15) is 0 Å². The van der Waals surface area contributed by atoms with Crippen LogP contribution in [0.1, 0.15) is 28.4 Å². The van der Waals surface area contributed by atoms with Crippen molar-refractivity contribution < 1.29 is 23.1 Å². The minimum absolute atomic E-state index is 0.147. The van der Waals surface area contributed by atoms with Crippen LogP contribution in [0.15, 0.2) is 41.2 Å². The van der Waals surface area contributed by atoms with Gasteiger partial charge in [0.05, 0.1) is 24.0 Å². The van der Waals surface area contributed by atoms with E-state index in [0.29, 0.717) is 11.1 Å². The minimum Gasteiger partial charge on any atom is -0.472 e. The van der Waals surface area contributed by atoms with Gasteiger partial charge in [-0.25, -0.2) is 8.78 Å². The summed E-state index contributed by atoms with van der Waals surface area (Å²) in [4.78, 5) is 13.8. The van der Waals surface area contributed by atoms with E-state index in [2.05, 4.69) is 0 Å². The minimum atomic E-state index is -0.968. The third kappa shape index (κ3) is 2.54. The van der Waals surface area contributed by atoms with E-state index in [1.54, 1.807) is 0 Å². The molecule has 2 atom stereocenters. The molecule has 1 saturated heterocycles. The molecule has 1 fully saturated rings. The normalized spacial score (nSPS) is 21.8. The number of furan rings is 1. The van der Waals surface area contributed by atoms with Gasteiger partial charge in [0.25, 0.3) is 5.91 Å². The molecule has 1 aromatic carbocycles. The number of benzene rings is 1. The molecular formula is C15H13F2NO3. The van der Waals surface area contributed by atoms with Crippen LogP contribution in [0.3, 0.4) is 0 Å². The molecule has 1 aliphatic rings. The Bertz CT molecular complexity index is 657. The number of β-amino-alcohol motifs (C(OH)–C–C–N with tert-alkyl or cyclic N) is 1. The molecule has 0 unspecified atom stereocenters. The Morgan fingerprint density at radius 3 is 2.76 bits per heavy atom. The highest BCUT2D eigenvalue weighted by molar-refractivity contribution is 5.94. The maximum absolute atomic E-state index is 13.4. The molecular weight excluding hydrogens is 280 g/mol. The average Bonchev–Trinajstić information content (AvgIpc) is 3.10. The molecule has 0 radical (unpaired) electrons. The van der Waals surface area contributed by atoms with Crippen molar-refractivity contribution in [2.24, 2.45) is 0 Å².